The summed E-state index contributed by atoms with van der Waals surface area (Å²) in [6, 6.07) is 5.47. The second-order valence-electron chi connectivity index (χ2n) is 5.98. The van der Waals surface area contributed by atoms with E-state index in [0.29, 0.717) is 17.0 Å². The Labute approximate surface area is 131 Å². The summed E-state index contributed by atoms with van der Waals surface area (Å²) in [4.78, 5) is 10.9. The highest BCUT2D eigenvalue weighted by Gasteiger charge is 2.30. The van der Waals surface area contributed by atoms with Gasteiger partial charge < -0.3 is 5.32 Å². The van der Waals surface area contributed by atoms with Gasteiger partial charge >= 0.3 is 0 Å². The fourth-order valence-electron chi connectivity index (χ4n) is 3.50. The molecule has 0 amide bonds. The van der Waals surface area contributed by atoms with Crippen molar-refractivity contribution >= 4 is 17.3 Å². The summed E-state index contributed by atoms with van der Waals surface area (Å²) >= 11 is 5.89. The molecule has 0 aromatic heterocycles. The second kappa shape index (κ2) is 7.23. The fraction of sp³-hybridized carbons (Fsp3) is 0.625. The number of rotatable bonds is 5. The molecule has 4 nitrogen and oxygen atoms in total. The maximum Gasteiger partial charge on any atom is 0.274 e. The second-order valence-corrected chi connectivity index (χ2v) is 6.41. The highest BCUT2D eigenvalue weighted by atomic mass is 35.5. The van der Waals surface area contributed by atoms with Crippen molar-refractivity contribution in [1.29, 1.82) is 0 Å². The van der Waals surface area contributed by atoms with Crippen molar-refractivity contribution in [3.05, 3.63) is 38.9 Å². The summed E-state index contributed by atoms with van der Waals surface area (Å²) in [7, 11) is 1.99. The maximum atomic E-state index is 11.2. The Morgan fingerprint density at radius 2 is 2.19 bits per heavy atom. The fourth-order valence-corrected chi connectivity index (χ4v) is 3.67. The maximum absolute atomic E-state index is 11.2. The van der Waals surface area contributed by atoms with E-state index in [2.05, 4.69) is 12.2 Å². The lowest BCUT2D eigenvalue weighted by molar-refractivity contribution is -0.385. The van der Waals surface area contributed by atoms with Crippen molar-refractivity contribution in [3.8, 4) is 0 Å². The lowest BCUT2D eigenvalue weighted by atomic mass is 9.74. The first-order valence-electron chi connectivity index (χ1n) is 7.65. The molecule has 0 spiro atoms. The lowest BCUT2D eigenvalue weighted by Gasteiger charge is -2.36. The van der Waals surface area contributed by atoms with Crippen LogP contribution in [0.5, 0.6) is 0 Å². The Morgan fingerprint density at radius 3 is 2.81 bits per heavy atom. The van der Waals surface area contributed by atoms with Gasteiger partial charge in [0.05, 0.1) is 4.92 Å². The molecule has 0 saturated heterocycles. The van der Waals surface area contributed by atoms with Crippen LogP contribution in [0.4, 0.5) is 5.69 Å². The first kappa shape index (κ1) is 16.2. The number of hydrogen-bond acceptors (Lipinski definition) is 3. The van der Waals surface area contributed by atoms with Crippen LogP contribution in [0.3, 0.4) is 0 Å². The van der Waals surface area contributed by atoms with Gasteiger partial charge in [0.25, 0.3) is 5.69 Å². The van der Waals surface area contributed by atoms with Gasteiger partial charge in [-0.2, -0.15) is 0 Å². The number of halogens is 1. The molecule has 2 rings (SSSR count). The third-order valence-corrected chi connectivity index (χ3v) is 5.00. The average Bonchev–Trinajstić information content (AvgIpc) is 2.48. The van der Waals surface area contributed by atoms with Gasteiger partial charge in [0, 0.05) is 22.7 Å². The Morgan fingerprint density at radius 1 is 1.43 bits per heavy atom. The van der Waals surface area contributed by atoms with Gasteiger partial charge in [-0.3, -0.25) is 10.1 Å². The largest absolute Gasteiger partial charge is 0.317 e. The van der Waals surface area contributed by atoms with Crippen molar-refractivity contribution in [3.63, 3.8) is 0 Å². The molecule has 1 N–H and O–H groups in total. The first-order valence-corrected chi connectivity index (χ1v) is 8.03. The molecule has 1 aromatic carbocycles. The summed E-state index contributed by atoms with van der Waals surface area (Å²) in [5.41, 5.74) is 0.947. The molecule has 1 saturated carbocycles. The van der Waals surface area contributed by atoms with E-state index in [1.165, 1.54) is 18.9 Å². The molecular formula is C16H23ClN2O2. The zero-order valence-corrected chi connectivity index (χ0v) is 13.4. The highest BCUT2D eigenvalue weighted by Crippen LogP contribution is 2.35. The summed E-state index contributed by atoms with van der Waals surface area (Å²) in [5.74, 6) is 1.19. The van der Waals surface area contributed by atoms with Crippen molar-refractivity contribution < 1.29 is 4.92 Å². The van der Waals surface area contributed by atoms with Crippen molar-refractivity contribution in [1.82, 2.24) is 5.32 Å². The number of hydrogen-bond donors (Lipinski definition) is 1. The first-order chi connectivity index (χ1) is 10.0. The Hall–Kier alpha value is -1.13. The topological polar surface area (TPSA) is 55.2 Å². The molecule has 0 bridgehead atoms. The Kier molecular flexibility index (Phi) is 5.59. The standard InChI is InChI=1S/C16H23ClN2O2/c1-3-11-4-7-15(18-2)13(8-11)9-12-5-6-14(17)10-16(12)19(20)21/h5-6,10-11,13,15,18H,3-4,7-9H2,1-2H3. The highest BCUT2D eigenvalue weighted by molar-refractivity contribution is 6.30. The van der Waals surface area contributed by atoms with Crippen LogP contribution >= 0.6 is 11.6 Å². The van der Waals surface area contributed by atoms with Crippen LogP contribution in [0.15, 0.2) is 18.2 Å². The minimum absolute atomic E-state index is 0.149. The Balaban J connectivity index is 2.20. The van der Waals surface area contributed by atoms with Crippen molar-refractivity contribution in [2.75, 3.05) is 7.05 Å². The number of benzene rings is 1. The van der Waals surface area contributed by atoms with Gasteiger partial charge in [0.15, 0.2) is 0 Å². The van der Waals surface area contributed by atoms with Gasteiger partial charge in [-0.1, -0.05) is 31.0 Å². The van der Waals surface area contributed by atoms with Crippen molar-refractivity contribution in [2.45, 2.75) is 45.1 Å². The minimum Gasteiger partial charge on any atom is -0.317 e. The number of nitro groups is 1. The van der Waals surface area contributed by atoms with Crippen molar-refractivity contribution in [2.24, 2.45) is 11.8 Å². The Bertz CT molecular complexity index is 507. The molecule has 0 heterocycles. The molecule has 1 fully saturated rings. The molecule has 3 unspecified atom stereocenters. The predicted octanol–water partition coefficient (Wildman–Crippen LogP) is 4.21. The van der Waals surface area contributed by atoms with Crippen LogP contribution in [0.1, 0.15) is 38.2 Å². The molecule has 3 atom stereocenters. The minimum atomic E-state index is -0.324. The summed E-state index contributed by atoms with van der Waals surface area (Å²) in [6.45, 7) is 2.23. The van der Waals surface area contributed by atoms with E-state index < -0.39 is 0 Å². The van der Waals surface area contributed by atoms with E-state index in [-0.39, 0.29) is 10.6 Å². The van der Waals surface area contributed by atoms with Crippen LogP contribution in [-0.4, -0.2) is 18.0 Å². The summed E-state index contributed by atoms with van der Waals surface area (Å²) in [5, 5.41) is 15.0. The number of nitrogens with zero attached hydrogens (tertiary/aromatic N) is 1. The van der Waals surface area contributed by atoms with Crippen LogP contribution in [0.25, 0.3) is 0 Å². The van der Waals surface area contributed by atoms with Gasteiger partial charge in [-0.05, 0) is 50.6 Å². The van der Waals surface area contributed by atoms with E-state index in [1.807, 2.05) is 13.1 Å². The van der Waals surface area contributed by atoms with E-state index >= 15 is 0 Å². The number of nitro benzene ring substituents is 1. The zero-order chi connectivity index (χ0) is 15.4. The molecule has 1 aliphatic carbocycles. The number of nitrogens with one attached hydrogen (secondary N) is 1. The zero-order valence-electron chi connectivity index (χ0n) is 12.6. The molecule has 1 aliphatic rings. The van der Waals surface area contributed by atoms with Crippen LogP contribution in [0.2, 0.25) is 5.02 Å². The lowest BCUT2D eigenvalue weighted by Crippen LogP contribution is -2.39. The smallest absolute Gasteiger partial charge is 0.274 e. The van der Waals surface area contributed by atoms with Gasteiger partial charge in [0.1, 0.15) is 0 Å². The molecule has 5 heteroatoms. The average molecular weight is 311 g/mol. The van der Waals surface area contributed by atoms with E-state index in [1.54, 1.807) is 6.07 Å². The molecule has 21 heavy (non-hydrogen) atoms. The molecule has 0 radical (unpaired) electrons. The third kappa shape index (κ3) is 3.95. The summed E-state index contributed by atoms with van der Waals surface area (Å²) < 4.78 is 0. The molecule has 0 aliphatic heterocycles. The quantitative estimate of drug-likeness (QED) is 0.655. The third-order valence-electron chi connectivity index (χ3n) is 4.77. The molecule has 116 valence electrons. The van der Waals surface area contributed by atoms with Crippen LogP contribution < -0.4 is 5.32 Å². The van der Waals surface area contributed by atoms with Gasteiger partial charge in [-0.15, -0.1) is 0 Å². The van der Waals surface area contributed by atoms with E-state index in [9.17, 15) is 10.1 Å². The van der Waals surface area contributed by atoms with Crippen LogP contribution in [-0.2, 0) is 6.42 Å². The SMILES string of the molecule is CCC1CCC(NC)C(Cc2ccc(Cl)cc2[N+](=O)[O-])C1. The van der Waals surface area contributed by atoms with E-state index in [0.717, 1.165) is 30.7 Å². The van der Waals surface area contributed by atoms with E-state index in [4.69, 9.17) is 11.6 Å². The predicted molar refractivity (Wildman–Crippen MR) is 85.8 cm³/mol. The molecular weight excluding hydrogens is 288 g/mol. The van der Waals surface area contributed by atoms with Gasteiger partial charge in [-0.25, -0.2) is 0 Å². The van der Waals surface area contributed by atoms with Gasteiger partial charge in [0.2, 0.25) is 0 Å². The molecule has 1 aromatic rings. The van der Waals surface area contributed by atoms with Crippen LogP contribution in [0, 0.1) is 22.0 Å². The monoisotopic (exact) mass is 310 g/mol. The summed E-state index contributed by atoms with van der Waals surface area (Å²) in [6.07, 6.45) is 5.48. The normalized spacial score (nSPS) is 25.8.